The molecular formula is C14H16N2O2S. The van der Waals surface area contributed by atoms with Crippen LogP contribution in [0.2, 0.25) is 0 Å². The molecular weight excluding hydrogens is 260 g/mol. The minimum absolute atomic E-state index is 0.397. The summed E-state index contributed by atoms with van der Waals surface area (Å²) < 4.78 is 1.95. The molecule has 1 N–H and O–H groups in total. The maximum Gasteiger partial charge on any atom is 0.316 e. The molecule has 100 valence electrons. The summed E-state index contributed by atoms with van der Waals surface area (Å²) in [6.07, 6.45) is 5.91. The van der Waals surface area contributed by atoms with Gasteiger partial charge in [0.1, 0.15) is 5.25 Å². The largest absolute Gasteiger partial charge is 0.480 e. The number of hydrogen-bond acceptors (Lipinski definition) is 3. The Morgan fingerprint density at radius 2 is 2.16 bits per heavy atom. The number of aromatic nitrogens is 2. The lowest BCUT2D eigenvalue weighted by molar-refractivity contribution is -0.136. The van der Waals surface area contributed by atoms with Gasteiger partial charge in [0.05, 0.1) is 6.33 Å². The summed E-state index contributed by atoms with van der Waals surface area (Å²) >= 11 is 1.47. The van der Waals surface area contributed by atoms with E-state index in [4.69, 9.17) is 0 Å². The van der Waals surface area contributed by atoms with Crippen LogP contribution >= 0.6 is 11.8 Å². The van der Waals surface area contributed by atoms with Crippen LogP contribution < -0.4 is 0 Å². The van der Waals surface area contributed by atoms with Gasteiger partial charge < -0.3 is 9.67 Å². The van der Waals surface area contributed by atoms with Crippen molar-refractivity contribution >= 4 is 17.7 Å². The fourth-order valence-corrected chi connectivity index (χ4v) is 2.82. The van der Waals surface area contributed by atoms with Crippen LogP contribution in [0.3, 0.4) is 0 Å². The normalized spacial score (nSPS) is 12.2. The molecule has 0 aliphatic rings. The second-order valence-electron chi connectivity index (χ2n) is 4.19. The highest BCUT2D eigenvalue weighted by atomic mass is 32.2. The molecule has 5 heteroatoms. The summed E-state index contributed by atoms with van der Waals surface area (Å²) in [5, 5.41) is 8.85. The minimum Gasteiger partial charge on any atom is -0.480 e. The summed E-state index contributed by atoms with van der Waals surface area (Å²) in [5.74, 6) is 0.0136. The number of aryl methyl sites for hydroxylation is 1. The van der Waals surface area contributed by atoms with Crippen molar-refractivity contribution in [3.8, 4) is 0 Å². The van der Waals surface area contributed by atoms with E-state index in [1.807, 2.05) is 41.1 Å². The highest BCUT2D eigenvalue weighted by Crippen LogP contribution is 2.17. The number of nitrogens with zero attached hydrogens (tertiary/aromatic N) is 2. The topological polar surface area (TPSA) is 55.1 Å². The number of aliphatic carboxylic acids is 1. The van der Waals surface area contributed by atoms with Crippen LogP contribution in [0.4, 0.5) is 0 Å². The van der Waals surface area contributed by atoms with Gasteiger partial charge in [-0.05, 0) is 12.0 Å². The first-order chi connectivity index (χ1) is 9.25. The van der Waals surface area contributed by atoms with Gasteiger partial charge >= 0.3 is 5.97 Å². The van der Waals surface area contributed by atoms with Crippen LogP contribution in [0.5, 0.6) is 0 Å². The average Bonchev–Trinajstić information content (AvgIpc) is 2.92. The van der Waals surface area contributed by atoms with E-state index >= 15 is 0 Å². The van der Waals surface area contributed by atoms with Crippen molar-refractivity contribution in [2.24, 2.45) is 0 Å². The summed E-state index contributed by atoms with van der Waals surface area (Å²) in [5.41, 5.74) is 1.06. The SMILES string of the molecule is O=C(O)C(Cc1ccccc1)SCCn1ccnc1. The molecule has 0 amide bonds. The molecule has 2 aromatic rings. The molecule has 1 aromatic heterocycles. The molecule has 1 unspecified atom stereocenters. The molecule has 0 aliphatic carbocycles. The second kappa shape index (κ2) is 6.99. The highest BCUT2D eigenvalue weighted by molar-refractivity contribution is 8.00. The lowest BCUT2D eigenvalue weighted by Gasteiger charge is -2.12. The predicted octanol–water partition coefficient (Wildman–Crippen LogP) is 2.31. The number of carboxylic acids is 1. The van der Waals surface area contributed by atoms with Gasteiger partial charge in [0.2, 0.25) is 0 Å². The van der Waals surface area contributed by atoms with Gasteiger partial charge in [-0.15, -0.1) is 11.8 Å². The molecule has 1 atom stereocenters. The Hall–Kier alpha value is -1.75. The standard InChI is InChI=1S/C14H16N2O2S/c17-14(18)13(10-12-4-2-1-3-5-12)19-9-8-16-7-6-15-11-16/h1-7,11,13H,8-10H2,(H,17,18). The van der Waals surface area contributed by atoms with Gasteiger partial charge in [0, 0.05) is 24.7 Å². The zero-order chi connectivity index (χ0) is 13.5. The lowest BCUT2D eigenvalue weighted by atomic mass is 10.1. The molecule has 4 nitrogen and oxygen atoms in total. The van der Waals surface area contributed by atoms with Crippen molar-refractivity contribution < 1.29 is 9.90 Å². The number of imidazole rings is 1. The molecule has 0 aliphatic heterocycles. The number of thioether (sulfide) groups is 1. The molecule has 1 heterocycles. The zero-order valence-corrected chi connectivity index (χ0v) is 11.3. The third-order valence-corrected chi connectivity index (χ3v) is 3.96. The van der Waals surface area contributed by atoms with E-state index in [9.17, 15) is 9.90 Å². The molecule has 19 heavy (non-hydrogen) atoms. The van der Waals surface area contributed by atoms with Gasteiger partial charge in [0.25, 0.3) is 0 Å². The van der Waals surface area contributed by atoms with Gasteiger partial charge in [-0.1, -0.05) is 30.3 Å². The van der Waals surface area contributed by atoms with Crippen LogP contribution in [-0.2, 0) is 17.8 Å². The Labute approximate surface area is 116 Å². The van der Waals surface area contributed by atoms with Crippen molar-refractivity contribution in [1.29, 1.82) is 0 Å². The number of rotatable bonds is 7. The van der Waals surface area contributed by atoms with Crippen molar-refractivity contribution in [1.82, 2.24) is 9.55 Å². The monoisotopic (exact) mass is 276 g/mol. The van der Waals surface area contributed by atoms with Crippen LogP contribution in [0.1, 0.15) is 5.56 Å². The number of benzene rings is 1. The number of carbonyl (C=O) groups is 1. The molecule has 1 aromatic carbocycles. The Kier molecular flexibility index (Phi) is 5.03. The molecule has 0 radical (unpaired) electrons. The molecule has 0 fully saturated rings. The first-order valence-electron chi connectivity index (χ1n) is 6.10. The Bertz CT molecular complexity index is 499. The van der Waals surface area contributed by atoms with E-state index < -0.39 is 11.2 Å². The summed E-state index contributed by atoms with van der Waals surface area (Å²) in [6, 6.07) is 9.74. The van der Waals surface area contributed by atoms with Crippen LogP contribution in [0.25, 0.3) is 0 Å². The zero-order valence-electron chi connectivity index (χ0n) is 10.5. The van der Waals surface area contributed by atoms with E-state index in [0.29, 0.717) is 6.42 Å². The Morgan fingerprint density at radius 1 is 1.37 bits per heavy atom. The van der Waals surface area contributed by atoms with Crippen molar-refractivity contribution in [3.63, 3.8) is 0 Å². The Balaban J connectivity index is 1.84. The van der Waals surface area contributed by atoms with Gasteiger partial charge in [-0.2, -0.15) is 0 Å². The van der Waals surface area contributed by atoms with E-state index in [1.54, 1.807) is 12.5 Å². The van der Waals surface area contributed by atoms with E-state index in [0.717, 1.165) is 17.9 Å². The summed E-state index contributed by atoms with van der Waals surface area (Å²) in [7, 11) is 0. The maximum absolute atomic E-state index is 11.3. The van der Waals surface area contributed by atoms with E-state index in [1.165, 1.54) is 11.8 Å². The van der Waals surface area contributed by atoms with Gasteiger partial charge in [0.15, 0.2) is 0 Å². The quantitative estimate of drug-likeness (QED) is 0.843. The maximum atomic E-state index is 11.3. The fourth-order valence-electron chi connectivity index (χ4n) is 1.77. The van der Waals surface area contributed by atoms with Crippen molar-refractivity contribution in [2.75, 3.05) is 5.75 Å². The Morgan fingerprint density at radius 3 is 2.79 bits per heavy atom. The lowest BCUT2D eigenvalue weighted by Crippen LogP contribution is -2.20. The molecule has 0 bridgehead atoms. The van der Waals surface area contributed by atoms with Gasteiger partial charge in [-0.3, -0.25) is 4.79 Å². The number of carboxylic acid groups (broad SMARTS) is 1. The summed E-state index contributed by atoms with van der Waals surface area (Å²) in [4.78, 5) is 15.2. The fraction of sp³-hybridized carbons (Fsp3) is 0.286. The number of hydrogen-bond donors (Lipinski definition) is 1. The first-order valence-corrected chi connectivity index (χ1v) is 7.14. The van der Waals surface area contributed by atoms with Crippen LogP contribution in [0, 0.1) is 0 Å². The molecule has 0 saturated carbocycles. The van der Waals surface area contributed by atoms with E-state index in [2.05, 4.69) is 4.98 Å². The highest BCUT2D eigenvalue weighted by Gasteiger charge is 2.18. The third kappa shape index (κ3) is 4.44. The first kappa shape index (κ1) is 13.7. The summed E-state index contributed by atoms with van der Waals surface area (Å²) in [6.45, 7) is 0.781. The minimum atomic E-state index is -0.750. The molecule has 2 rings (SSSR count). The average molecular weight is 276 g/mol. The van der Waals surface area contributed by atoms with Crippen molar-refractivity contribution in [3.05, 3.63) is 54.6 Å². The van der Waals surface area contributed by atoms with Gasteiger partial charge in [-0.25, -0.2) is 4.98 Å². The predicted molar refractivity (Wildman–Crippen MR) is 76.3 cm³/mol. The van der Waals surface area contributed by atoms with Crippen LogP contribution in [0.15, 0.2) is 49.1 Å². The van der Waals surface area contributed by atoms with Crippen molar-refractivity contribution in [2.45, 2.75) is 18.2 Å². The smallest absolute Gasteiger partial charge is 0.316 e. The second-order valence-corrected chi connectivity index (χ2v) is 5.50. The third-order valence-electron chi connectivity index (χ3n) is 2.77. The molecule has 0 saturated heterocycles. The van der Waals surface area contributed by atoms with E-state index in [-0.39, 0.29) is 0 Å². The molecule has 0 spiro atoms. The van der Waals surface area contributed by atoms with Crippen LogP contribution in [-0.4, -0.2) is 31.6 Å².